The monoisotopic (exact) mass is 392 g/mol. The third kappa shape index (κ3) is 3.35. The molecule has 1 aliphatic heterocycles. The first-order valence-corrected chi connectivity index (χ1v) is 9.04. The number of rotatable bonds is 2. The number of nitrogens with one attached hydrogen (secondary N) is 2. The second-order valence-corrected chi connectivity index (χ2v) is 7.25. The van der Waals surface area contributed by atoms with Crippen LogP contribution in [0.3, 0.4) is 0 Å². The van der Waals surface area contributed by atoms with Gasteiger partial charge < -0.3 is 16.4 Å². The summed E-state index contributed by atoms with van der Waals surface area (Å²) >= 11 is 1.18. The average molecular weight is 392 g/mol. The van der Waals surface area contributed by atoms with Crippen LogP contribution in [0.5, 0.6) is 0 Å². The van der Waals surface area contributed by atoms with Crippen molar-refractivity contribution < 1.29 is 18.0 Å². The van der Waals surface area contributed by atoms with E-state index >= 15 is 0 Å². The van der Waals surface area contributed by atoms with E-state index in [4.69, 9.17) is 5.73 Å². The van der Waals surface area contributed by atoms with Crippen LogP contribution in [0.4, 0.5) is 24.5 Å². The van der Waals surface area contributed by atoms with E-state index in [2.05, 4.69) is 15.6 Å². The molecule has 0 saturated carbocycles. The lowest BCUT2D eigenvalue weighted by Crippen LogP contribution is -2.24. The SMILES string of the molecule is Nc1c(C(=O)Nc2ccc(C(F)(F)F)cc2)sc2nc3c(cc12)CNCC3. The van der Waals surface area contributed by atoms with E-state index in [-0.39, 0.29) is 5.69 Å². The van der Waals surface area contributed by atoms with Crippen molar-refractivity contribution in [1.29, 1.82) is 0 Å². The van der Waals surface area contributed by atoms with Gasteiger partial charge in [-0.15, -0.1) is 11.3 Å². The van der Waals surface area contributed by atoms with Crippen LogP contribution in [0.1, 0.15) is 26.5 Å². The standard InChI is InChI=1S/C18H15F3N4OS/c19-18(20,21)10-1-3-11(4-2-10)24-16(26)15-14(22)12-7-9-8-23-6-5-13(9)25-17(12)27-15/h1-4,7,23H,5-6,8,22H2,(H,24,26). The second kappa shape index (κ2) is 6.50. The van der Waals surface area contributed by atoms with Gasteiger partial charge in [-0.1, -0.05) is 0 Å². The lowest BCUT2D eigenvalue weighted by Gasteiger charge is -2.15. The largest absolute Gasteiger partial charge is 0.416 e. The molecule has 4 N–H and O–H groups in total. The van der Waals surface area contributed by atoms with Crippen molar-refractivity contribution in [3.8, 4) is 0 Å². The van der Waals surface area contributed by atoms with E-state index < -0.39 is 17.6 Å². The molecular formula is C18H15F3N4OS. The number of halogens is 3. The molecule has 0 bridgehead atoms. The Morgan fingerprint density at radius 1 is 1.26 bits per heavy atom. The summed E-state index contributed by atoms with van der Waals surface area (Å²) in [5.74, 6) is -0.466. The topological polar surface area (TPSA) is 80.0 Å². The molecule has 5 nitrogen and oxygen atoms in total. The highest BCUT2D eigenvalue weighted by molar-refractivity contribution is 7.21. The number of nitrogens with two attached hydrogens (primary N) is 1. The van der Waals surface area contributed by atoms with Crippen molar-refractivity contribution in [2.24, 2.45) is 0 Å². The first-order chi connectivity index (χ1) is 12.8. The molecule has 27 heavy (non-hydrogen) atoms. The minimum Gasteiger partial charge on any atom is -0.397 e. The number of nitrogens with zero attached hydrogens (tertiary/aromatic N) is 1. The number of aromatic nitrogens is 1. The van der Waals surface area contributed by atoms with Gasteiger partial charge in [0.2, 0.25) is 0 Å². The number of nitrogen functional groups attached to an aromatic ring is 1. The van der Waals surface area contributed by atoms with Crippen LogP contribution in [0, 0.1) is 0 Å². The molecule has 3 heterocycles. The maximum Gasteiger partial charge on any atom is 0.416 e. The van der Waals surface area contributed by atoms with E-state index in [0.29, 0.717) is 21.9 Å². The smallest absolute Gasteiger partial charge is 0.397 e. The number of fused-ring (bicyclic) bond motifs is 2. The molecule has 0 fully saturated rings. The number of alkyl halides is 3. The normalized spacial score (nSPS) is 14.2. The van der Waals surface area contributed by atoms with Crippen molar-refractivity contribution >= 4 is 38.8 Å². The van der Waals surface area contributed by atoms with Crippen LogP contribution in [0.15, 0.2) is 30.3 Å². The Labute approximate surface area is 156 Å². The molecule has 140 valence electrons. The Balaban J connectivity index is 1.62. The van der Waals surface area contributed by atoms with E-state index in [9.17, 15) is 18.0 Å². The number of hydrogen-bond donors (Lipinski definition) is 3. The summed E-state index contributed by atoms with van der Waals surface area (Å²) in [5.41, 5.74) is 8.03. The first kappa shape index (κ1) is 17.7. The Morgan fingerprint density at radius 2 is 2.00 bits per heavy atom. The number of carbonyl (C=O) groups is 1. The van der Waals surface area contributed by atoms with Gasteiger partial charge in [0.05, 0.1) is 11.3 Å². The highest BCUT2D eigenvalue weighted by Crippen LogP contribution is 2.35. The van der Waals surface area contributed by atoms with Gasteiger partial charge in [0.25, 0.3) is 5.91 Å². The molecule has 1 aromatic carbocycles. The van der Waals surface area contributed by atoms with Crippen LogP contribution in [-0.4, -0.2) is 17.4 Å². The molecule has 0 spiro atoms. The molecule has 0 aliphatic carbocycles. The predicted molar refractivity (Wildman–Crippen MR) is 98.8 cm³/mol. The molecule has 9 heteroatoms. The lowest BCUT2D eigenvalue weighted by atomic mass is 10.1. The molecule has 0 saturated heterocycles. The lowest BCUT2D eigenvalue weighted by molar-refractivity contribution is -0.137. The van der Waals surface area contributed by atoms with Gasteiger partial charge in [-0.05, 0) is 35.9 Å². The maximum absolute atomic E-state index is 12.6. The molecular weight excluding hydrogens is 377 g/mol. The fourth-order valence-electron chi connectivity index (χ4n) is 3.02. The van der Waals surface area contributed by atoms with Gasteiger partial charge in [-0.25, -0.2) is 4.98 Å². The molecule has 2 aromatic heterocycles. The highest BCUT2D eigenvalue weighted by Gasteiger charge is 2.30. The average Bonchev–Trinajstić information content (AvgIpc) is 2.96. The maximum atomic E-state index is 12.6. The zero-order chi connectivity index (χ0) is 19.2. The third-order valence-corrected chi connectivity index (χ3v) is 5.53. The number of pyridine rings is 1. The number of thiophene rings is 1. The zero-order valence-electron chi connectivity index (χ0n) is 14.0. The summed E-state index contributed by atoms with van der Waals surface area (Å²) in [6.45, 7) is 1.56. The van der Waals surface area contributed by atoms with E-state index in [0.717, 1.165) is 41.7 Å². The number of amides is 1. The number of anilines is 2. The Morgan fingerprint density at radius 3 is 2.70 bits per heavy atom. The molecule has 3 aromatic rings. The van der Waals surface area contributed by atoms with Crippen molar-refractivity contribution in [3.63, 3.8) is 0 Å². The molecule has 4 rings (SSSR count). The van der Waals surface area contributed by atoms with Gasteiger partial charge in [0.15, 0.2) is 0 Å². The molecule has 1 aliphatic rings. The van der Waals surface area contributed by atoms with E-state index in [1.807, 2.05) is 6.07 Å². The first-order valence-electron chi connectivity index (χ1n) is 8.23. The van der Waals surface area contributed by atoms with E-state index in [1.54, 1.807) is 0 Å². The van der Waals surface area contributed by atoms with Crippen LogP contribution in [0.2, 0.25) is 0 Å². The van der Waals surface area contributed by atoms with Crippen molar-refractivity contribution in [2.45, 2.75) is 19.1 Å². The quantitative estimate of drug-likeness (QED) is 0.620. The van der Waals surface area contributed by atoms with Crippen molar-refractivity contribution in [1.82, 2.24) is 10.3 Å². The molecule has 0 unspecified atom stereocenters. The minimum absolute atomic E-state index is 0.265. The zero-order valence-corrected chi connectivity index (χ0v) is 14.8. The van der Waals surface area contributed by atoms with Crippen molar-refractivity contribution in [2.75, 3.05) is 17.6 Å². The Kier molecular flexibility index (Phi) is 4.27. The second-order valence-electron chi connectivity index (χ2n) is 6.25. The fraction of sp³-hybridized carbons (Fsp3) is 0.222. The highest BCUT2D eigenvalue weighted by atomic mass is 32.1. The van der Waals surface area contributed by atoms with Crippen LogP contribution >= 0.6 is 11.3 Å². The number of benzene rings is 1. The molecule has 0 radical (unpaired) electrons. The predicted octanol–water partition coefficient (Wildman–Crippen LogP) is 3.80. The summed E-state index contributed by atoms with van der Waals surface area (Å²) in [6.07, 6.45) is -3.60. The third-order valence-electron chi connectivity index (χ3n) is 4.42. The van der Waals surface area contributed by atoms with Gasteiger partial charge in [0, 0.05) is 36.3 Å². The van der Waals surface area contributed by atoms with Crippen molar-refractivity contribution in [3.05, 3.63) is 52.0 Å². The van der Waals surface area contributed by atoms with Crippen LogP contribution < -0.4 is 16.4 Å². The Hall–Kier alpha value is -2.65. The summed E-state index contributed by atoms with van der Waals surface area (Å²) in [7, 11) is 0. The van der Waals surface area contributed by atoms with Gasteiger partial charge in [-0.2, -0.15) is 13.2 Å². The Bertz CT molecular complexity index is 1030. The number of carbonyl (C=O) groups excluding carboxylic acids is 1. The van der Waals surface area contributed by atoms with E-state index in [1.165, 1.54) is 23.5 Å². The fourth-order valence-corrected chi connectivity index (χ4v) is 4.01. The summed E-state index contributed by atoms with van der Waals surface area (Å²) < 4.78 is 37.9. The molecule has 1 amide bonds. The minimum atomic E-state index is -4.42. The summed E-state index contributed by atoms with van der Waals surface area (Å²) in [5, 5.41) is 6.58. The number of hydrogen-bond acceptors (Lipinski definition) is 5. The van der Waals surface area contributed by atoms with Gasteiger partial charge in [0.1, 0.15) is 9.71 Å². The van der Waals surface area contributed by atoms with Crippen LogP contribution in [-0.2, 0) is 19.1 Å². The summed E-state index contributed by atoms with van der Waals surface area (Å²) in [4.78, 5) is 18.2. The summed E-state index contributed by atoms with van der Waals surface area (Å²) in [6, 6.07) is 6.23. The molecule has 0 atom stereocenters. The van der Waals surface area contributed by atoms with Gasteiger partial charge >= 0.3 is 6.18 Å². The van der Waals surface area contributed by atoms with Crippen LogP contribution in [0.25, 0.3) is 10.2 Å². The van der Waals surface area contributed by atoms with Gasteiger partial charge in [-0.3, -0.25) is 4.79 Å².